The van der Waals surface area contributed by atoms with E-state index in [4.69, 9.17) is 0 Å². The average molecular weight is 464 g/mol. The summed E-state index contributed by atoms with van der Waals surface area (Å²) in [7, 11) is 0. The van der Waals surface area contributed by atoms with Gasteiger partial charge in [0.2, 0.25) is 5.91 Å². The molecular formula is C28H41N5O. The van der Waals surface area contributed by atoms with Crippen LogP contribution in [-0.2, 0) is 24.4 Å². The van der Waals surface area contributed by atoms with Crippen LogP contribution in [0.2, 0.25) is 0 Å². The van der Waals surface area contributed by atoms with Gasteiger partial charge in [0, 0.05) is 45.0 Å². The van der Waals surface area contributed by atoms with Crippen molar-refractivity contribution in [2.75, 3.05) is 26.2 Å². The predicted octanol–water partition coefficient (Wildman–Crippen LogP) is 3.72. The number of hydrogen-bond acceptors (Lipinski definition) is 5. The third-order valence-corrected chi connectivity index (χ3v) is 7.32. The molecule has 4 rings (SSSR count). The number of benzene rings is 1. The zero-order chi connectivity index (χ0) is 23.6. The molecule has 1 saturated heterocycles. The lowest BCUT2D eigenvalue weighted by Crippen LogP contribution is -2.41. The van der Waals surface area contributed by atoms with Crippen molar-refractivity contribution >= 4 is 5.91 Å². The maximum absolute atomic E-state index is 12.4. The molecule has 1 amide bonds. The molecule has 34 heavy (non-hydrogen) atoms. The molecule has 1 aromatic carbocycles. The fourth-order valence-corrected chi connectivity index (χ4v) is 5.18. The Hall–Kier alpha value is -2.28. The van der Waals surface area contributed by atoms with Crippen molar-refractivity contribution < 1.29 is 4.79 Å². The summed E-state index contributed by atoms with van der Waals surface area (Å²) in [6.45, 7) is 8.85. The molecule has 2 N–H and O–H groups in total. The Bertz CT molecular complexity index is 866. The second-order valence-corrected chi connectivity index (χ2v) is 9.92. The van der Waals surface area contributed by atoms with E-state index in [1.54, 1.807) is 6.20 Å². The normalized spacial score (nSPS) is 19.4. The molecule has 0 unspecified atom stereocenters. The lowest BCUT2D eigenvalue weighted by atomic mass is 9.94. The smallest absolute Gasteiger partial charge is 0.237 e. The number of rotatable bonds is 9. The van der Waals surface area contributed by atoms with Crippen LogP contribution in [0.1, 0.15) is 62.3 Å². The molecule has 0 bridgehead atoms. The summed E-state index contributed by atoms with van der Waals surface area (Å²) >= 11 is 0. The molecule has 2 aromatic rings. The Balaban J connectivity index is 1.17. The number of carbonyl (C=O) groups excluding carboxylic acids is 1. The summed E-state index contributed by atoms with van der Waals surface area (Å²) in [6, 6.07) is 15.1. The topological polar surface area (TPSA) is 60.5 Å². The van der Waals surface area contributed by atoms with Crippen LogP contribution in [0.5, 0.6) is 0 Å². The van der Waals surface area contributed by atoms with Gasteiger partial charge in [-0.2, -0.15) is 0 Å². The summed E-state index contributed by atoms with van der Waals surface area (Å²) in [5.41, 5.74) is 3.42. The van der Waals surface area contributed by atoms with Crippen molar-refractivity contribution in [2.45, 2.75) is 77.2 Å². The Morgan fingerprint density at radius 2 is 1.74 bits per heavy atom. The number of pyridine rings is 1. The summed E-state index contributed by atoms with van der Waals surface area (Å²) in [6.07, 6.45) is 10.1. The molecule has 0 spiro atoms. The molecular weight excluding hydrogens is 422 g/mol. The third-order valence-electron chi connectivity index (χ3n) is 7.32. The minimum absolute atomic E-state index is 0.00657. The minimum atomic E-state index is -0.266. The van der Waals surface area contributed by atoms with E-state index < -0.39 is 0 Å². The van der Waals surface area contributed by atoms with Gasteiger partial charge in [-0.1, -0.05) is 49.6 Å². The van der Waals surface area contributed by atoms with Crippen LogP contribution in [0, 0.1) is 0 Å². The van der Waals surface area contributed by atoms with Gasteiger partial charge >= 0.3 is 0 Å². The lowest BCUT2D eigenvalue weighted by Gasteiger charge is -2.33. The summed E-state index contributed by atoms with van der Waals surface area (Å²) in [5.74, 6) is 0.00657. The molecule has 1 aromatic heterocycles. The third kappa shape index (κ3) is 7.62. The van der Waals surface area contributed by atoms with E-state index in [2.05, 4.69) is 49.7 Å². The van der Waals surface area contributed by atoms with Gasteiger partial charge < -0.3 is 10.6 Å². The Morgan fingerprint density at radius 3 is 2.50 bits per heavy atom. The van der Waals surface area contributed by atoms with E-state index in [9.17, 15) is 4.79 Å². The van der Waals surface area contributed by atoms with Gasteiger partial charge in [-0.3, -0.25) is 19.6 Å². The summed E-state index contributed by atoms with van der Waals surface area (Å²) in [5, 5.41) is 6.28. The van der Waals surface area contributed by atoms with Crippen LogP contribution in [0.15, 0.2) is 48.7 Å². The number of hydrogen-bond donors (Lipinski definition) is 2. The fraction of sp³-hybridized carbons (Fsp3) is 0.571. The van der Waals surface area contributed by atoms with Crippen molar-refractivity contribution in [2.24, 2.45) is 0 Å². The van der Waals surface area contributed by atoms with Crippen molar-refractivity contribution in [3.8, 4) is 0 Å². The first kappa shape index (κ1) is 24.8. The van der Waals surface area contributed by atoms with Crippen LogP contribution in [0.25, 0.3) is 0 Å². The van der Waals surface area contributed by atoms with E-state index in [0.29, 0.717) is 13.1 Å². The Kier molecular flexibility index (Phi) is 9.48. The summed E-state index contributed by atoms with van der Waals surface area (Å²) < 4.78 is 0. The zero-order valence-corrected chi connectivity index (χ0v) is 20.7. The molecule has 6 nitrogen and oxygen atoms in total. The molecule has 1 atom stereocenters. The number of nitrogens with one attached hydrogen (secondary N) is 2. The van der Waals surface area contributed by atoms with Crippen LogP contribution >= 0.6 is 0 Å². The van der Waals surface area contributed by atoms with Gasteiger partial charge in [-0.15, -0.1) is 0 Å². The maximum atomic E-state index is 12.4. The second-order valence-electron chi connectivity index (χ2n) is 9.92. The minimum Gasteiger partial charge on any atom is -0.351 e. The Labute approximate surface area is 205 Å². The van der Waals surface area contributed by atoms with Gasteiger partial charge in [0.1, 0.15) is 0 Å². The van der Waals surface area contributed by atoms with Crippen LogP contribution in [0.4, 0.5) is 0 Å². The molecule has 2 fully saturated rings. The number of aromatic nitrogens is 1. The summed E-state index contributed by atoms with van der Waals surface area (Å²) in [4.78, 5) is 22.1. The largest absolute Gasteiger partial charge is 0.351 e. The predicted molar refractivity (Wildman–Crippen MR) is 137 cm³/mol. The van der Waals surface area contributed by atoms with Crippen LogP contribution < -0.4 is 10.6 Å². The second kappa shape index (κ2) is 13.0. The standard InChI is InChI=1S/C28H41N5O/c1-23(30-21-26-8-5-6-15-29-26)28(34)31-20-24-11-13-25(14-12-24)22-32-16-7-17-33(19-18-32)27-9-3-2-4-10-27/h5-6,8,11-15,23,27,30H,2-4,7,9-10,16-22H2,1H3,(H,31,34)/t23-/m0/s1. The molecule has 1 saturated carbocycles. The first-order chi connectivity index (χ1) is 16.7. The number of nitrogens with zero attached hydrogens (tertiary/aromatic N) is 3. The first-order valence-electron chi connectivity index (χ1n) is 13.1. The highest BCUT2D eigenvalue weighted by Gasteiger charge is 2.23. The fourth-order valence-electron chi connectivity index (χ4n) is 5.18. The molecule has 0 radical (unpaired) electrons. The van der Waals surface area contributed by atoms with Gasteiger partial charge in [0.25, 0.3) is 0 Å². The van der Waals surface area contributed by atoms with E-state index in [1.807, 2.05) is 25.1 Å². The van der Waals surface area contributed by atoms with Gasteiger partial charge in [-0.25, -0.2) is 0 Å². The van der Waals surface area contributed by atoms with Crippen molar-refractivity contribution in [3.63, 3.8) is 0 Å². The van der Waals surface area contributed by atoms with Crippen molar-refractivity contribution in [3.05, 3.63) is 65.5 Å². The van der Waals surface area contributed by atoms with Crippen molar-refractivity contribution in [1.82, 2.24) is 25.4 Å². The quantitative estimate of drug-likeness (QED) is 0.594. The highest BCUT2D eigenvalue weighted by molar-refractivity contribution is 5.81. The number of amides is 1. The molecule has 2 aliphatic rings. The maximum Gasteiger partial charge on any atom is 0.237 e. The highest BCUT2D eigenvalue weighted by atomic mass is 16.2. The molecule has 184 valence electrons. The van der Waals surface area contributed by atoms with Gasteiger partial charge in [0.15, 0.2) is 0 Å². The van der Waals surface area contributed by atoms with E-state index >= 15 is 0 Å². The first-order valence-corrected chi connectivity index (χ1v) is 13.1. The SMILES string of the molecule is C[C@H](NCc1ccccn1)C(=O)NCc1ccc(CN2CCCN(C3CCCCC3)CC2)cc1. The van der Waals surface area contributed by atoms with Crippen LogP contribution in [-0.4, -0.2) is 59.0 Å². The molecule has 6 heteroatoms. The lowest BCUT2D eigenvalue weighted by molar-refractivity contribution is -0.122. The van der Waals surface area contributed by atoms with Gasteiger partial charge in [-0.05, 0) is 62.5 Å². The zero-order valence-electron chi connectivity index (χ0n) is 20.7. The van der Waals surface area contributed by atoms with E-state index in [1.165, 1.54) is 63.7 Å². The number of carbonyl (C=O) groups is 1. The monoisotopic (exact) mass is 463 g/mol. The van der Waals surface area contributed by atoms with E-state index in [-0.39, 0.29) is 11.9 Å². The molecule has 1 aliphatic carbocycles. The molecule has 1 aliphatic heterocycles. The Morgan fingerprint density at radius 1 is 0.941 bits per heavy atom. The van der Waals surface area contributed by atoms with E-state index in [0.717, 1.165) is 30.4 Å². The highest BCUT2D eigenvalue weighted by Crippen LogP contribution is 2.23. The van der Waals surface area contributed by atoms with Gasteiger partial charge in [0.05, 0.1) is 11.7 Å². The average Bonchev–Trinajstić information content (AvgIpc) is 3.13. The van der Waals surface area contributed by atoms with Crippen LogP contribution in [0.3, 0.4) is 0 Å². The molecule has 2 heterocycles. The van der Waals surface area contributed by atoms with Crippen molar-refractivity contribution in [1.29, 1.82) is 0 Å².